The van der Waals surface area contributed by atoms with Crippen LogP contribution in [-0.2, 0) is 16.8 Å². The molecule has 5 rings (SSSR count). The monoisotopic (exact) mass is 403 g/mol. The molecule has 2 N–H and O–H groups in total. The van der Waals surface area contributed by atoms with Gasteiger partial charge in [-0.15, -0.1) is 0 Å². The molecule has 3 aliphatic rings. The standard InChI is InChI=1S/C23H25N5O2/c29-21(23(10-3-11-24-23)20-15-19(26-27-20)17-6-7-17)14-16-4-8-18(9-5-16)25-22(30)28-12-1-2-13-28/h3-5,8-11,15,17H,1-2,6-7,12-14H2,(H,25,30)(H,26,27). The van der Waals surface area contributed by atoms with Gasteiger partial charge in [0.2, 0.25) is 0 Å². The Balaban J connectivity index is 1.28. The first kappa shape index (κ1) is 18.8. The van der Waals surface area contributed by atoms with E-state index in [4.69, 9.17) is 0 Å². The van der Waals surface area contributed by atoms with Gasteiger partial charge in [-0.25, -0.2) is 4.79 Å². The van der Waals surface area contributed by atoms with Crippen LogP contribution < -0.4 is 5.32 Å². The smallest absolute Gasteiger partial charge is 0.321 e. The molecular weight excluding hydrogens is 378 g/mol. The second kappa shape index (κ2) is 7.55. The third-order valence-electron chi connectivity index (χ3n) is 6.10. The van der Waals surface area contributed by atoms with Gasteiger partial charge in [0.25, 0.3) is 0 Å². The Morgan fingerprint density at radius 3 is 2.60 bits per heavy atom. The maximum Gasteiger partial charge on any atom is 0.321 e. The van der Waals surface area contributed by atoms with Crippen molar-refractivity contribution in [3.8, 4) is 0 Å². The number of hydrogen-bond donors (Lipinski definition) is 2. The van der Waals surface area contributed by atoms with Gasteiger partial charge in [0.15, 0.2) is 11.3 Å². The number of allylic oxidation sites excluding steroid dienone is 1. The summed E-state index contributed by atoms with van der Waals surface area (Å²) in [6.07, 6.45) is 10.0. The van der Waals surface area contributed by atoms with Crippen molar-refractivity contribution in [1.29, 1.82) is 0 Å². The van der Waals surface area contributed by atoms with Crippen LogP contribution in [0.5, 0.6) is 0 Å². The summed E-state index contributed by atoms with van der Waals surface area (Å²) in [5, 5.41) is 10.4. The summed E-state index contributed by atoms with van der Waals surface area (Å²) in [6.45, 7) is 1.62. The molecule has 1 aromatic carbocycles. The van der Waals surface area contributed by atoms with E-state index in [2.05, 4.69) is 20.5 Å². The van der Waals surface area contributed by atoms with Crippen molar-refractivity contribution in [2.75, 3.05) is 18.4 Å². The van der Waals surface area contributed by atoms with Crippen LogP contribution >= 0.6 is 0 Å². The zero-order valence-electron chi connectivity index (χ0n) is 16.8. The van der Waals surface area contributed by atoms with Crippen molar-refractivity contribution >= 4 is 23.7 Å². The number of aliphatic imine (C=N–C) groups is 1. The highest BCUT2D eigenvalue weighted by Crippen LogP contribution is 2.41. The third-order valence-corrected chi connectivity index (χ3v) is 6.10. The molecule has 154 valence electrons. The molecule has 0 radical (unpaired) electrons. The van der Waals surface area contributed by atoms with Crippen LogP contribution in [0.3, 0.4) is 0 Å². The molecule has 2 fully saturated rings. The Morgan fingerprint density at radius 2 is 1.93 bits per heavy atom. The highest BCUT2D eigenvalue weighted by atomic mass is 16.2. The molecule has 1 atom stereocenters. The summed E-state index contributed by atoms with van der Waals surface area (Å²) in [7, 11) is 0. The van der Waals surface area contributed by atoms with E-state index < -0.39 is 5.54 Å². The van der Waals surface area contributed by atoms with E-state index in [1.54, 1.807) is 12.3 Å². The first-order valence-corrected chi connectivity index (χ1v) is 10.6. The molecule has 1 aromatic heterocycles. The molecule has 2 amide bonds. The zero-order chi connectivity index (χ0) is 20.6. The third kappa shape index (κ3) is 3.56. The van der Waals surface area contributed by atoms with E-state index in [9.17, 15) is 9.59 Å². The van der Waals surface area contributed by atoms with Gasteiger partial charge in [-0.2, -0.15) is 5.10 Å². The van der Waals surface area contributed by atoms with Crippen molar-refractivity contribution < 1.29 is 9.59 Å². The molecule has 3 heterocycles. The fourth-order valence-electron chi connectivity index (χ4n) is 4.13. The Labute approximate surface area is 175 Å². The molecular formula is C23H25N5O2. The average molecular weight is 403 g/mol. The highest BCUT2D eigenvalue weighted by Gasteiger charge is 2.41. The van der Waals surface area contributed by atoms with Crippen LogP contribution in [0.25, 0.3) is 0 Å². The number of likely N-dealkylation sites (tertiary alicyclic amines) is 1. The van der Waals surface area contributed by atoms with Gasteiger partial charge < -0.3 is 10.2 Å². The predicted octanol–water partition coefficient (Wildman–Crippen LogP) is 3.56. The van der Waals surface area contributed by atoms with E-state index in [-0.39, 0.29) is 18.2 Å². The predicted molar refractivity (Wildman–Crippen MR) is 115 cm³/mol. The number of nitrogens with one attached hydrogen (secondary N) is 2. The zero-order valence-corrected chi connectivity index (χ0v) is 16.8. The van der Waals surface area contributed by atoms with Crippen molar-refractivity contribution in [3.05, 3.63) is 59.4 Å². The summed E-state index contributed by atoms with van der Waals surface area (Å²) >= 11 is 0. The maximum absolute atomic E-state index is 13.3. The number of benzene rings is 1. The molecule has 1 unspecified atom stereocenters. The van der Waals surface area contributed by atoms with E-state index >= 15 is 0 Å². The molecule has 0 spiro atoms. The average Bonchev–Trinajstić information content (AvgIpc) is 3.21. The van der Waals surface area contributed by atoms with E-state index in [1.807, 2.05) is 41.3 Å². The van der Waals surface area contributed by atoms with Crippen LogP contribution in [0.15, 0.2) is 47.5 Å². The van der Waals surface area contributed by atoms with E-state index in [1.165, 1.54) is 12.8 Å². The Bertz CT molecular complexity index is 998. The van der Waals surface area contributed by atoms with E-state index in [0.717, 1.165) is 42.9 Å². The molecule has 7 heteroatoms. The second-order valence-corrected chi connectivity index (χ2v) is 8.31. The van der Waals surface area contributed by atoms with Crippen LogP contribution in [0.1, 0.15) is 48.6 Å². The lowest BCUT2D eigenvalue weighted by atomic mass is 9.87. The number of carbonyl (C=O) groups excluding carboxylic acids is 2. The van der Waals surface area contributed by atoms with Gasteiger partial charge in [-0.3, -0.25) is 14.9 Å². The number of H-pyrrole nitrogens is 1. The number of nitrogens with zero attached hydrogens (tertiary/aromatic N) is 3. The SMILES string of the molecule is O=C(Nc1ccc(CC(=O)C2(c3cc(C4CC4)[nH]n3)C=CC=N2)cc1)N1CCCC1. The molecule has 0 bridgehead atoms. The first-order chi connectivity index (χ1) is 14.6. The van der Waals surface area contributed by atoms with Crippen LogP contribution in [0.2, 0.25) is 0 Å². The second-order valence-electron chi connectivity index (χ2n) is 8.31. The lowest BCUT2D eigenvalue weighted by Gasteiger charge is -2.20. The van der Waals surface area contributed by atoms with Gasteiger partial charge >= 0.3 is 6.03 Å². The number of ketones is 1. The Kier molecular flexibility index (Phi) is 4.73. The van der Waals surface area contributed by atoms with Gasteiger partial charge in [0, 0.05) is 43.0 Å². The number of amides is 2. The van der Waals surface area contributed by atoms with Gasteiger partial charge in [0.05, 0.1) is 0 Å². The molecule has 1 saturated carbocycles. The lowest BCUT2D eigenvalue weighted by molar-refractivity contribution is -0.122. The Hall–Kier alpha value is -3.22. The van der Waals surface area contributed by atoms with Gasteiger partial charge in [0.1, 0.15) is 5.69 Å². The summed E-state index contributed by atoms with van der Waals surface area (Å²) in [5.74, 6) is 0.520. The topological polar surface area (TPSA) is 90.4 Å². The number of rotatable bonds is 6. The van der Waals surface area contributed by atoms with Gasteiger partial charge in [-0.1, -0.05) is 12.1 Å². The number of aromatic amines is 1. The number of hydrogen-bond acceptors (Lipinski definition) is 4. The molecule has 30 heavy (non-hydrogen) atoms. The van der Waals surface area contributed by atoms with Crippen molar-refractivity contribution in [2.45, 2.75) is 43.6 Å². The normalized spacial score (nSPS) is 22.6. The number of aromatic nitrogens is 2. The van der Waals surface area contributed by atoms with Crippen LogP contribution in [0.4, 0.5) is 10.5 Å². The quantitative estimate of drug-likeness (QED) is 0.773. The van der Waals surface area contributed by atoms with Crippen molar-refractivity contribution in [2.24, 2.45) is 4.99 Å². The highest BCUT2D eigenvalue weighted by molar-refractivity contribution is 5.97. The minimum absolute atomic E-state index is 0.0183. The van der Waals surface area contributed by atoms with Crippen LogP contribution in [0, 0.1) is 0 Å². The number of carbonyl (C=O) groups is 2. The summed E-state index contributed by atoms with van der Waals surface area (Å²) in [5.41, 5.74) is 2.32. The largest absolute Gasteiger partial charge is 0.325 e. The number of urea groups is 1. The molecule has 2 aromatic rings. The molecule has 1 aliphatic carbocycles. The van der Waals surface area contributed by atoms with Gasteiger partial charge in [-0.05, 0) is 61.6 Å². The molecule has 7 nitrogen and oxygen atoms in total. The summed E-state index contributed by atoms with van der Waals surface area (Å²) in [6, 6.07) is 9.37. The van der Waals surface area contributed by atoms with E-state index in [0.29, 0.717) is 11.6 Å². The lowest BCUT2D eigenvalue weighted by Crippen LogP contribution is -2.32. The fraction of sp³-hybridized carbons (Fsp3) is 0.391. The minimum atomic E-state index is -1.05. The summed E-state index contributed by atoms with van der Waals surface area (Å²) in [4.78, 5) is 31.8. The molecule has 1 saturated heterocycles. The fourth-order valence-corrected chi connectivity index (χ4v) is 4.13. The van der Waals surface area contributed by atoms with Crippen LogP contribution in [-0.4, -0.2) is 46.2 Å². The first-order valence-electron chi connectivity index (χ1n) is 10.6. The minimum Gasteiger partial charge on any atom is -0.325 e. The number of anilines is 1. The van der Waals surface area contributed by atoms with Crippen molar-refractivity contribution in [3.63, 3.8) is 0 Å². The molecule has 2 aliphatic heterocycles. The number of Topliss-reactive ketones (excluding diaryl/α,β-unsaturated/α-hetero) is 1. The maximum atomic E-state index is 13.3. The van der Waals surface area contributed by atoms with Crippen molar-refractivity contribution in [1.82, 2.24) is 15.1 Å². The Morgan fingerprint density at radius 1 is 1.17 bits per heavy atom. The summed E-state index contributed by atoms with van der Waals surface area (Å²) < 4.78 is 0.